The first-order valence-corrected chi connectivity index (χ1v) is 11.1. The molecule has 0 aromatic heterocycles. The maximum Gasteiger partial charge on any atom is 0.413 e. The minimum absolute atomic E-state index is 0.0625. The molecular weight excluding hydrogens is 450 g/mol. The Bertz CT molecular complexity index is 1150. The maximum atomic E-state index is 13.6. The lowest BCUT2D eigenvalue weighted by molar-refractivity contribution is -0.154. The molecule has 1 fully saturated rings. The van der Waals surface area contributed by atoms with Gasteiger partial charge < -0.3 is 23.7 Å². The van der Waals surface area contributed by atoms with Crippen LogP contribution in [0.2, 0.25) is 0 Å². The summed E-state index contributed by atoms with van der Waals surface area (Å²) in [7, 11) is 4.34. The first kappa shape index (κ1) is 24.1. The highest BCUT2D eigenvalue weighted by Crippen LogP contribution is 2.46. The van der Waals surface area contributed by atoms with E-state index < -0.39 is 30.4 Å². The van der Waals surface area contributed by atoms with Crippen molar-refractivity contribution < 1.29 is 33.3 Å². The van der Waals surface area contributed by atoms with E-state index in [-0.39, 0.29) is 6.61 Å². The molecule has 0 radical (unpaired) electrons. The average molecular weight is 478 g/mol. The van der Waals surface area contributed by atoms with E-state index in [1.165, 1.54) is 19.1 Å². The Morgan fingerprint density at radius 2 is 1.57 bits per heavy atom. The standard InChI is InChI=1S/C27H27NO7/c1-31-20-14-15-21(22(16-20)32-2)25-28(27(30)34-17-18-10-6-4-7-11-18)23(19-12-8-5-9-13-19)24(35-25)26(29)33-3/h4-16,23-25H,17H2,1-3H3. The van der Waals surface area contributed by atoms with Gasteiger partial charge in [0.25, 0.3) is 0 Å². The van der Waals surface area contributed by atoms with E-state index in [1.54, 1.807) is 25.3 Å². The molecule has 0 aliphatic carbocycles. The largest absolute Gasteiger partial charge is 0.497 e. The predicted molar refractivity (Wildman–Crippen MR) is 127 cm³/mol. The van der Waals surface area contributed by atoms with E-state index in [4.69, 9.17) is 23.7 Å². The molecule has 1 amide bonds. The van der Waals surface area contributed by atoms with E-state index in [2.05, 4.69) is 0 Å². The average Bonchev–Trinajstić information content (AvgIpc) is 3.32. The van der Waals surface area contributed by atoms with Crippen molar-refractivity contribution in [3.8, 4) is 11.5 Å². The van der Waals surface area contributed by atoms with Gasteiger partial charge in [0.1, 0.15) is 24.1 Å². The van der Waals surface area contributed by atoms with Gasteiger partial charge in [0, 0.05) is 11.6 Å². The molecule has 1 aliphatic heterocycles. The smallest absolute Gasteiger partial charge is 0.413 e. The van der Waals surface area contributed by atoms with Crippen LogP contribution in [0.25, 0.3) is 0 Å². The van der Waals surface area contributed by atoms with E-state index in [1.807, 2.05) is 60.7 Å². The third-order valence-corrected chi connectivity index (χ3v) is 5.81. The van der Waals surface area contributed by atoms with Crippen LogP contribution in [-0.2, 0) is 25.6 Å². The first-order valence-electron chi connectivity index (χ1n) is 11.1. The molecule has 35 heavy (non-hydrogen) atoms. The van der Waals surface area contributed by atoms with Crippen LogP contribution in [0.15, 0.2) is 78.9 Å². The summed E-state index contributed by atoms with van der Waals surface area (Å²) in [5, 5.41) is 0. The van der Waals surface area contributed by atoms with Crippen LogP contribution in [0.3, 0.4) is 0 Å². The predicted octanol–water partition coefficient (Wildman–Crippen LogP) is 4.65. The summed E-state index contributed by atoms with van der Waals surface area (Å²) >= 11 is 0. The van der Waals surface area contributed by atoms with Gasteiger partial charge in [-0.25, -0.2) is 9.59 Å². The fourth-order valence-corrected chi connectivity index (χ4v) is 4.11. The molecule has 4 rings (SSSR count). The summed E-state index contributed by atoms with van der Waals surface area (Å²) in [6, 6.07) is 22.9. The molecule has 1 saturated heterocycles. The highest BCUT2D eigenvalue weighted by molar-refractivity contribution is 5.79. The molecule has 1 heterocycles. The van der Waals surface area contributed by atoms with Crippen molar-refractivity contribution in [3.05, 3.63) is 95.6 Å². The molecule has 0 saturated carbocycles. The Morgan fingerprint density at radius 1 is 0.886 bits per heavy atom. The molecule has 3 aromatic rings. The van der Waals surface area contributed by atoms with Gasteiger partial charge in [-0.15, -0.1) is 0 Å². The number of carbonyl (C=O) groups is 2. The van der Waals surface area contributed by atoms with Crippen molar-refractivity contribution in [3.63, 3.8) is 0 Å². The highest BCUT2D eigenvalue weighted by Gasteiger charge is 2.51. The highest BCUT2D eigenvalue weighted by atomic mass is 16.6. The summed E-state index contributed by atoms with van der Waals surface area (Å²) in [6.45, 7) is 0.0625. The van der Waals surface area contributed by atoms with Crippen molar-refractivity contribution in [2.75, 3.05) is 21.3 Å². The van der Waals surface area contributed by atoms with Crippen LogP contribution in [0.1, 0.15) is 29.0 Å². The minimum Gasteiger partial charge on any atom is -0.497 e. The quantitative estimate of drug-likeness (QED) is 0.458. The molecule has 0 bridgehead atoms. The summed E-state index contributed by atoms with van der Waals surface area (Å²) < 4.78 is 27.8. The molecule has 0 spiro atoms. The van der Waals surface area contributed by atoms with E-state index in [0.29, 0.717) is 22.6 Å². The third kappa shape index (κ3) is 5.07. The maximum absolute atomic E-state index is 13.6. The molecule has 182 valence electrons. The van der Waals surface area contributed by atoms with Crippen LogP contribution in [0.4, 0.5) is 4.79 Å². The zero-order valence-electron chi connectivity index (χ0n) is 19.7. The second kappa shape index (κ2) is 10.9. The van der Waals surface area contributed by atoms with E-state index >= 15 is 0 Å². The zero-order valence-corrected chi connectivity index (χ0v) is 19.7. The number of carbonyl (C=O) groups excluding carboxylic acids is 2. The van der Waals surface area contributed by atoms with Gasteiger partial charge in [0.2, 0.25) is 0 Å². The Kier molecular flexibility index (Phi) is 7.52. The monoisotopic (exact) mass is 477 g/mol. The number of methoxy groups -OCH3 is 3. The number of rotatable bonds is 7. The van der Waals surface area contributed by atoms with Crippen LogP contribution >= 0.6 is 0 Å². The number of hydrogen-bond donors (Lipinski definition) is 0. The number of hydrogen-bond acceptors (Lipinski definition) is 7. The van der Waals surface area contributed by atoms with Gasteiger partial charge >= 0.3 is 12.1 Å². The lowest BCUT2D eigenvalue weighted by atomic mass is 10.0. The molecule has 8 nitrogen and oxygen atoms in total. The van der Waals surface area contributed by atoms with E-state index in [0.717, 1.165) is 5.56 Å². The summed E-state index contributed by atoms with van der Waals surface area (Å²) in [5.74, 6) is 0.410. The zero-order chi connectivity index (χ0) is 24.8. The third-order valence-electron chi connectivity index (χ3n) is 5.81. The van der Waals surface area contributed by atoms with Crippen molar-refractivity contribution in [1.29, 1.82) is 0 Å². The molecular formula is C27H27NO7. The summed E-state index contributed by atoms with van der Waals surface area (Å²) in [5.41, 5.74) is 2.08. The molecule has 3 unspecified atom stereocenters. The SMILES string of the molecule is COC(=O)C1OC(c2ccc(OC)cc2OC)N(C(=O)OCc2ccccc2)C1c1ccccc1. The van der Waals surface area contributed by atoms with Crippen LogP contribution in [0, 0.1) is 0 Å². The molecule has 3 atom stereocenters. The first-order chi connectivity index (χ1) is 17.1. The summed E-state index contributed by atoms with van der Waals surface area (Å²) in [6.07, 6.45) is -2.70. The fourth-order valence-electron chi connectivity index (χ4n) is 4.11. The van der Waals surface area contributed by atoms with Gasteiger partial charge in [0.05, 0.1) is 21.3 Å². The topological polar surface area (TPSA) is 83.5 Å². The number of nitrogens with zero attached hydrogens (tertiary/aromatic N) is 1. The normalized spacial score (nSPS) is 19.2. The number of esters is 1. The number of benzene rings is 3. The van der Waals surface area contributed by atoms with Gasteiger partial charge in [0.15, 0.2) is 12.3 Å². The number of amides is 1. The second-order valence-corrected chi connectivity index (χ2v) is 7.84. The lowest BCUT2D eigenvalue weighted by Crippen LogP contribution is -2.37. The Morgan fingerprint density at radius 3 is 2.20 bits per heavy atom. The Labute approximate surface area is 203 Å². The van der Waals surface area contributed by atoms with E-state index in [9.17, 15) is 9.59 Å². The van der Waals surface area contributed by atoms with Gasteiger partial charge in [-0.1, -0.05) is 60.7 Å². The lowest BCUT2D eigenvalue weighted by Gasteiger charge is -2.29. The molecule has 8 heteroatoms. The molecule has 1 aliphatic rings. The van der Waals surface area contributed by atoms with Gasteiger partial charge in [-0.2, -0.15) is 0 Å². The van der Waals surface area contributed by atoms with Crippen molar-refractivity contribution in [1.82, 2.24) is 4.90 Å². The van der Waals surface area contributed by atoms with Crippen LogP contribution < -0.4 is 9.47 Å². The second-order valence-electron chi connectivity index (χ2n) is 7.84. The Hall–Kier alpha value is -4.04. The number of ether oxygens (including phenoxy) is 5. The Balaban J connectivity index is 1.77. The van der Waals surface area contributed by atoms with Crippen molar-refractivity contribution in [2.45, 2.75) is 25.0 Å². The van der Waals surface area contributed by atoms with Gasteiger partial charge in [-0.05, 0) is 23.3 Å². The summed E-state index contributed by atoms with van der Waals surface area (Å²) in [4.78, 5) is 27.8. The molecule has 3 aromatic carbocycles. The molecule has 0 N–H and O–H groups in total. The minimum atomic E-state index is -1.08. The fraction of sp³-hybridized carbons (Fsp3) is 0.259. The van der Waals surface area contributed by atoms with Crippen LogP contribution in [-0.4, -0.2) is 44.4 Å². The van der Waals surface area contributed by atoms with Crippen molar-refractivity contribution >= 4 is 12.1 Å². The van der Waals surface area contributed by atoms with Gasteiger partial charge in [-0.3, -0.25) is 4.90 Å². The van der Waals surface area contributed by atoms with Crippen LogP contribution in [0.5, 0.6) is 11.5 Å². The van der Waals surface area contributed by atoms with Crippen molar-refractivity contribution in [2.24, 2.45) is 0 Å².